The fourth-order valence-electron chi connectivity index (χ4n) is 1.62. The van der Waals surface area contributed by atoms with E-state index < -0.39 is 4.92 Å². The van der Waals surface area contributed by atoms with Gasteiger partial charge in [0.25, 0.3) is 11.6 Å². The van der Waals surface area contributed by atoms with Gasteiger partial charge in [-0.05, 0) is 24.8 Å². The molecule has 1 atom stereocenters. The molecular weight excluding hydrogens is 312 g/mol. The van der Waals surface area contributed by atoms with Crippen molar-refractivity contribution in [1.82, 2.24) is 5.32 Å². The van der Waals surface area contributed by atoms with E-state index in [9.17, 15) is 14.9 Å². The number of carbonyl (C=O) groups excluding carboxylic acids is 1. The van der Waals surface area contributed by atoms with Gasteiger partial charge in [-0.1, -0.05) is 28.9 Å². The predicted molar refractivity (Wildman–Crippen MR) is 77.7 cm³/mol. The molecule has 1 N–H and O–H groups in total. The quantitative estimate of drug-likeness (QED) is 0.495. The first-order valence-electron chi connectivity index (χ1n) is 6.05. The Hall–Kier alpha value is -1.43. The first-order valence-corrected chi connectivity index (χ1v) is 7.17. The number of aryl methyl sites for hydroxylation is 1. The van der Waals surface area contributed by atoms with Crippen LogP contribution in [0.1, 0.15) is 29.3 Å². The van der Waals surface area contributed by atoms with Gasteiger partial charge in [0.15, 0.2) is 0 Å². The molecule has 0 aliphatic carbocycles. The van der Waals surface area contributed by atoms with E-state index in [1.165, 1.54) is 12.1 Å². The highest BCUT2D eigenvalue weighted by Gasteiger charge is 2.15. The van der Waals surface area contributed by atoms with Crippen molar-refractivity contribution in [2.45, 2.75) is 20.3 Å². The molecule has 0 saturated heterocycles. The van der Waals surface area contributed by atoms with Gasteiger partial charge in [-0.25, -0.2) is 0 Å². The molecule has 1 unspecified atom stereocenters. The second-order valence-corrected chi connectivity index (χ2v) is 5.34. The van der Waals surface area contributed by atoms with E-state index in [-0.39, 0.29) is 11.6 Å². The maximum absolute atomic E-state index is 12.0. The lowest BCUT2D eigenvalue weighted by molar-refractivity contribution is -0.384. The Balaban J connectivity index is 2.76. The number of hydrogen-bond acceptors (Lipinski definition) is 3. The lowest BCUT2D eigenvalue weighted by Crippen LogP contribution is -2.29. The lowest BCUT2D eigenvalue weighted by Gasteiger charge is -2.12. The first kappa shape index (κ1) is 15.6. The van der Waals surface area contributed by atoms with Crippen molar-refractivity contribution in [2.75, 3.05) is 11.9 Å². The average molecular weight is 329 g/mol. The van der Waals surface area contributed by atoms with Crippen LogP contribution >= 0.6 is 15.9 Å². The third kappa shape index (κ3) is 4.63. The van der Waals surface area contributed by atoms with Gasteiger partial charge in [-0.3, -0.25) is 14.9 Å². The van der Waals surface area contributed by atoms with E-state index in [4.69, 9.17) is 0 Å². The number of hydrogen-bond donors (Lipinski definition) is 1. The molecule has 0 aliphatic heterocycles. The molecule has 104 valence electrons. The van der Waals surface area contributed by atoms with Crippen molar-refractivity contribution in [3.8, 4) is 0 Å². The normalized spacial score (nSPS) is 11.9. The van der Waals surface area contributed by atoms with Crippen molar-refractivity contribution in [1.29, 1.82) is 0 Å². The maximum Gasteiger partial charge on any atom is 0.270 e. The van der Waals surface area contributed by atoms with Gasteiger partial charge >= 0.3 is 0 Å². The summed E-state index contributed by atoms with van der Waals surface area (Å²) in [4.78, 5) is 22.2. The van der Waals surface area contributed by atoms with Gasteiger partial charge in [0.2, 0.25) is 0 Å². The zero-order chi connectivity index (χ0) is 14.4. The number of nitrogens with one attached hydrogen (secondary N) is 1. The highest BCUT2D eigenvalue weighted by Crippen LogP contribution is 2.17. The van der Waals surface area contributed by atoms with Gasteiger partial charge in [-0.2, -0.15) is 0 Å². The molecule has 5 nitrogen and oxygen atoms in total. The monoisotopic (exact) mass is 328 g/mol. The number of nitro benzene ring substituents is 1. The zero-order valence-electron chi connectivity index (χ0n) is 11.0. The maximum atomic E-state index is 12.0. The Labute approximate surface area is 120 Å². The minimum Gasteiger partial charge on any atom is -0.352 e. The molecule has 0 heterocycles. The average Bonchev–Trinajstić information content (AvgIpc) is 2.36. The summed E-state index contributed by atoms with van der Waals surface area (Å²) in [5.74, 6) is 0.102. The highest BCUT2D eigenvalue weighted by atomic mass is 79.9. The third-order valence-corrected chi connectivity index (χ3v) is 3.35. The minimum atomic E-state index is -0.496. The van der Waals surface area contributed by atoms with E-state index in [1.54, 1.807) is 13.0 Å². The van der Waals surface area contributed by atoms with Gasteiger partial charge in [0.05, 0.1) is 4.92 Å². The van der Waals surface area contributed by atoms with Crippen LogP contribution in [0.15, 0.2) is 18.2 Å². The van der Waals surface area contributed by atoms with Crippen LogP contribution in [0.4, 0.5) is 5.69 Å². The molecule has 0 radical (unpaired) electrons. The van der Waals surface area contributed by atoms with Crippen LogP contribution < -0.4 is 5.32 Å². The third-order valence-electron chi connectivity index (χ3n) is 2.89. The number of halogens is 1. The van der Waals surface area contributed by atoms with Crippen LogP contribution in [-0.2, 0) is 0 Å². The number of non-ortho nitro benzene ring substituents is 1. The zero-order valence-corrected chi connectivity index (χ0v) is 12.6. The number of benzene rings is 1. The van der Waals surface area contributed by atoms with Gasteiger partial charge in [-0.15, -0.1) is 0 Å². The van der Waals surface area contributed by atoms with E-state index in [0.717, 1.165) is 17.3 Å². The summed E-state index contributed by atoms with van der Waals surface area (Å²) in [7, 11) is 0. The van der Waals surface area contributed by atoms with Crippen LogP contribution in [0.5, 0.6) is 0 Å². The van der Waals surface area contributed by atoms with Crippen LogP contribution in [0.2, 0.25) is 0 Å². The summed E-state index contributed by atoms with van der Waals surface area (Å²) in [6.45, 7) is 4.37. The van der Waals surface area contributed by atoms with E-state index >= 15 is 0 Å². The molecule has 6 heteroatoms. The van der Waals surface area contributed by atoms with E-state index in [1.807, 2.05) is 6.92 Å². The largest absolute Gasteiger partial charge is 0.352 e. The number of amides is 1. The Morgan fingerprint density at radius 1 is 1.53 bits per heavy atom. The van der Waals surface area contributed by atoms with Crippen LogP contribution in [0, 0.1) is 23.0 Å². The second kappa shape index (κ2) is 7.23. The standard InChI is InChI=1S/C13H17BrN2O3/c1-9(5-6-14)8-15-13(17)12-7-11(16(18)19)4-3-10(12)2/h3-4,7,9H,5-6,8H2,1-2H3,(H,15,17). The Kier molecular flexibility index (Phi) is 5.95. The molecule has 0 saturated carbocycles. The van der Waals surface area contributed by atoms with Crippen molar-refractivity contribution in [2.24, 2.45) is 5.92 Å². The topological polar surface area (TPSA) is 72.2 Å². The fourth-order valence-corrected chi connectivity index (χ4v) is 2.40. The summed E-state index contributed by atoms with van der Waals surface area (Å²) in [5, 5.41) is 14.4. The molecule has 0 aromatic heterocycles. The SMILES string of the molecule is Cc1ccc([N+](=O)[O-])cc1C(=O)NCC(C)CCBr. The second-order valence-electron chi connectivity index (χ2n) is 4.55. The summed E-state index contributed by atoms with van der Waals surface area (Å²) >= 11 is 3.35. The lowest BCUT2D eigenvalue weighted by atomic mass is 10.1. The summed E-state index contributed by atoms with van der Waals surface area (Å²) < 4.78 is 0. The molecule has 0 bridgehead atoms. The fraction of sp³-hybridized carbons (Fsp3) is 0.462. The number of rotatable bonds is 6. The molecule has 0 aliphatic rings. The van der Waals surface area contributed by atoms with Crippen LogP contribution in [0.25, 0.3) is 0 Å². The van der Waals surface area contributed by atoms with Gasteiger partial charge in [0.1, 0.15) is 0 Å². The highest BCUT2D eigenvalue weighted by molar-refractivity contribution is 9.09. The Bertz CT molecular complexity index is 477. The molecule has 19 heavy (non-hydrogen) atoms. The first-order chi connectivity index (χ1) is 8.95. The Morgan fingerprint density at radius 2 is 2.21 bits per heavy atom. The van der Waals surface area contributed by atoms with Gasteiger partial charge < -0.3 is 5.32 Å². The molecule has 1 amide bonds. The number of alkyl halides is 1. The van der Waals surface area contributed by atoms with Crippen LogP contribution in [-0.4, -0.2) is 22.7 Å². The predicted octanol–water partition coefficient (Wildman–Crippen LogP) is 3.05. The molecule has 0 spiro atoms. The van der Waals surface area contributed by atoms with Crippen LogP contribution in [0.3, 0.4) is 0 Å². The minimum absolute atomic E-state index is 0.0655. The Morgan fingerprint density at radius 3 is 2.79 bits per heavy atom. The molecule has 1 aromatic rings. The van der Waals surface area contributed by atoms with Crippen molar-refractivity contribution in [3.05, 3.63) is 39.4 Å². The van der Waals surface area contributed by atoms with E-state index in [0.29, 0.717) is 18.0 Å². The smallest absolute Gasteiger partial charge is 0.270 e. The molecule has 1 aromatic carbocycles. The molecular formula is C13H17BrN2O3. The van der Waals surface area contributed by atoms with Crippen molar-refractivity contribution >= 4 is 27.5 Å². The number of nitrogens with zero attached hydrogens (tertiary/aromatic N) is 1. The summed E-state index contributed by atoms with van der Waals surface area (Å²) in [6.07, 6.45) is 0.966. The van der Waals surface area contributed by atoms with Crippen molar-refractivity contribution in [3.63, 3.8) is 0 Å². The summed E-state index contributed by atoms with van der Waals surface area (Å²) in [5.41, 5.74) is 1.03. The number of carbonyl (C=O) groups is 1. The molecule has 0 fully saturated rings. The van der Waals surface area contributed by atoms with Gasteiger partial charge in [0, 0.05) is 29.6 Å². The summed E-state index contributed by atoms with van der Waals surface area (Å²) in [6, 6.07) is 4.31. The number of nitro groups is 1. The van der Waals surface area contributed by atoms with E-state index in [2.05, 4.69) is 21.2 Å². The van der Waals surface area contributed by atoms with Crippen molar-refractivity contribution < 1.29 is 9.72 Å². The molecule has 1 rings (SSSR count).